The maximum atomic E-state index is 12.9. The lowest BCUT2D eigenvalue weighted by Gasteiger charge is -2.36. The second-order valence-corrected chi connectivity index (χ2v) is 6.16. The van der Waals surface area contributed by atoms with Crippen molar-refractivity contribution >= 4 is 5.91 Å². The highest BCUT2D eigenvalue weighted by Gasteiger charge is 2.50. The SMILES string of the molecule is O=C1c2ccccc2C2(CCCC2)N1Cc1ccccc1. The minimum Gasteiger partial charge on any atom is -0.325 e. The second-order valence-electron chi connectivity index (χ2n) is 6.16. The summed E-state index contributed by atoms with van der Waals surface area (Å²) in [5.41, 5.74) is 3.33. The first kappa shape index (κ1) is 12.6. The molecule has 2 aliphatic rings. The number of carbonyl (C=O) groups excluding carboxylic acids is 1. The molecular formula is C19H19NO. The standard InChI is InChI=1S/C19H19NO/c21-18-16-10-4-5-11-17(16)19(12-6-7-13-19)20(18)14-15-8-2-1-3-9-15/h1-5,8-11H,6-7,12-14H2. The Labute approximate surface area is 125 Å². The summed E-state index contributed by atoms with van der Waals surface area (Å²) in [7, 11) is 0. The molecule has 0 atom stereocenters. The van der Waals surface area contributed by atoms with E-state index in [9.17, 15) is 4.79 Å². The van der Waals surface area contributed by atoms with Gasteiger partial charge in [-0.3, -0.25) is 4.79 Å². The monoisotopic (exact) mass is 277 g/mol. The van der Waals surface area contributed by atoms with Gasteiger partial charge in [-0.1, -0.05) is 61.4 Å². The van der Waals surface area contributed by atoms with Gasteiger partial charge in [-0.15, -0.1) is 0 Å². The van der Waals surface area contributed by atoms with E-state index in [-0.39, 0.29) is 11.4 Å². The van der Waals surface area contributed by atoms with Crippen LogP contribution in [0.4, 0.5) is 0 Å². The lowest BCUT2D eigenvalue weighted by molar-refractivity contribution is 0.0529. The van der Waals surface area contributed by atoms with E-state index in [1.165, 1.54) is 24.0 Å². The van der Waals surface area contributed by atoms with Gasteiger partial charge in [-0.25, -0.2) is 0 Å². The van der Waals surface area contributed by atoms with Crippen molar-refractivity contribution in [3.05, 3.63) is 71.3 Å². The molecule has 2 nitrogen and oxygen atoms in total. The Morgan fingerprint density at radius 3 is 2.33 bits per heavy atom. The molecule has 1 aliphatic carbocycles. The van der Waals surface area contributed by atoms with E-state index in [4.69, 9.17) is 0 Å². The van der Waals surface area contributed by atoms with Crippen molar-refractivity contribution in [2.45, 2.75) is 37.8 Å². The van der Waals surface area contributed by atoms with Crippen LogP contribution in [0.1, 0.15) is 47.2 Å². The molecule has 4 rings (SSSR count). The Bertz CT molecular complexity index is 671. The first-order valence-corrected chi connectivity index (χ1v) is 7.77. The summed E-state index contributed by atoms with van der Waals surface area (Å²) >= 11 is 0. The van der Waals surface area contributed by atoms with E-state index in [2.05, 4.69) is 29.2 Å². The first-order valence-electron chi connectivity index (χ1n) is 7.77. The molecule has 2 aromatic carbocycles. The fourth-order valence-corrected chi connectivity index (χ4v) is 4.05. The Morgan fingerprint density at radius 2 is 1.57 bits per heavy atom. The van der Waals surface area contributed by atoms with Crippen LogP contribution < -0.4 is 0 Å². The van der Waals surface area contributed by atoms with Gasteiger partial charge in [-0.05, 0) is 30.0 Å². The van der Waals surface area contributed by atoms with Gasteiger partial charge >= 0.3 is 0 Å². The molecule has 0 bridgehead atoms. The minimum absolute atomic E-state index is 0.0521. The number of hydrogen-bond donors (Lipinski definition) is 0. The summed E-state index contributed by atoms with van der Waals surface area (Å²) in [4.78, 5) is 15.0. The summed E-state index contributed by atoms with van der Waals surface area (Å²) in [6.45, 7) is 0.717. The second kappa shape index (κ2) is 4.73. The largest absolute Gasteiger partial charge is 0.325 e. The maximum Gasteiger partial charge on any atom is 0.255 e. The molecule has 2 aromatic rings. The summed E-state index contributed by atoms with van der Waals surface area (Å²) in [5.74, 6) is 0.205. The molecule has 0 radical (unpaired) electrons. The van der Waals surface area contributed by atoms with Gasteiger partial charge in [0, 0.05) is 12.1 Å². The molecule has 1 saturated carbocycles. The van der Waals surface area contributed by atoms with Crippen molar-refractivity contribution in [2.75, 3.05) is 0 Å². The van der Waals surface area contributed by atoms with Crippen LogP contribution in [0.5, 0.6) is 0 Å². The number of amides is 1. The number of hydrogen-bond acceptors (Lipinski definition) is 1. The Kier molecular flexibility index (Phi) is 2.85. The Hall–Kier alpha value is -2.09. The molecular weight excluding hydrogens is 258 g/mol. The summed E-state index contributed by atoms with van der Waals surface area (Å²) in [5, 5.41) is 0. The fraction of sp³-hybridized carbons (Fsp3) is 0.316. The maximum absolute atomic E-state index is 12.9. The number of benzene rings is 2. The Morgan fingerprint density at radius 1 is 0.905 bits per heavy atom. The molecule has 1 spiro atoms. The van der Waals surface area contributed by atoms with Crippen LogP contribution in [0.2, 0.25) is 0 Å². The van der Waals surface area contributed by atoms with Gasteiger partial charge < -0.3 is 4.90 Å². The van der Waals surface area contributed by atoms with Crippen LogP contribution in [0.25, 0.3) is 0 Å². The van der Waals surface area contributed by atoms with Gasteiger partial charge in [0.25, 0.3) is 5.91 Å². The zero-order valence-corrected chi connectivity index (χ0v) is 12.1. The topological polar surface area (TPSA) is 20.3 Å². The highest BCUT2D eigenvalue weighted by atomic mass is 16.2. The van der Waals surface area contributed by atoms with Crippen molar-refractivity contribution in [3.8, 4) is 0 Å². The van der Waals surface area contributed by atoms with E-state index in [0.717, 1.165) is 18.4 Å². The average molecular weight is 277 g/mol. The third kappa shape index (κ3) is 1.82. The van der Waals surface area contributed by atoms with Crippen LogP contribution in [-0.2, 0) is 12.1 Å². The summed E-state index contributed by atoms with van der Waals surface area (Å²) in [6, 6.07) is 18.5. The van der Waals surface area contributed by atoms with Crippen LogP contribution in [-0.4, -0.2) is 10.8 Å². The smallest absolute Gasteiger partial charge is 0.255 e. The molecule has 1 heterocycles. The van der Waals surface area contributed by atoms with Crippen molar-refractivity contribution in [3.63, 3.8) is 0 Å². The molecule has 1 fully saturated rings. The van der Waals surface area contributed by atoms with Gasteiger partial charge in [0.2, 0.25) is 0 Å². The van der Waals surface area contributed by atoms with Crippen molar-refractivity contribution in [1.82, 2.24) is 4.90 Å². The zero-order chi connectivity index (χ0) is 14.3. The fourth-order valence-electron chi connectivity index (χ4n) is 4.05. The van der Waals surface area contributed by atoms with Gasteiger partial charge in [-0.2, -0.15) is 0 Å². The average Bonchev–Trinajstić information content (AvgIpc) is 3.10. The van der Waals surface area contributed by atoms with Crippen molar-refractivity contribution in [1.29, 1.82) is 0 Å². The lowest BCUT2D eigenvalue weighted by Crippen LogP contribution is -2.41. The van der Waals surface area contributed by atoms with Crippen molar-refractivity contribution in [2.24, 2.45) is 0 Å². The third-order valence-corrected chi connectivity index (χ3v) is 5.03. The van der Waals surface area contributed by atoms with Gasteiger partial charge in [0.05, 0.1) is 5.54 Å². The Balaban J connectivity index is 1.78. The predicted octanol–water partition coefficient (Wildman–Crippen LogP) is 4.11. The van der Waals surface area contributed by atoms with E-state index in [1.807, 2.05) is 30.3 Å². The van der Waals surface area contributed by atoms with Gasteiger partial charge in [0.15, 0.2) is 0 Å². The normalized spacial score (nSPS) is 19.2. The third-order valence-electron chi connectivity index (χ3n) is 5.03. The minimum atomic E-state index is -0.0521. The highest BCUT2D eigenvalue weighted by Crippen LogP contribution is 2.50. The lowest BCUT2D eigenvalue weighted by atomic mass is 9.88. The molecule has 21 heavy (non-hydrogen) atoms. The molecule has 2 heteroatoms. The van der Waals surface area contributed by atoms with Crippen LogP contribution in [0.15, 0.2) is 54.6 Å². The summed E-state index contributed by atoms with van der Waals surface area (Å²) in [6.07, 6.45) is 4.63. The molecule has 106 valence electrons. The van der Waals surface area contributed by atoms with E-state index in [1.54, 1.807) is 0 Å². The number of carbonyl (C=O) groups is 1. The van der Waals surface area contributed by atoms with E-state index in [0.29, 0.717) is 6.54 Å². The predicted molar refractivity (Wildman–Crippen MR) is 82.9 cm³/mol. The number of rotatable bonds is 2. The molecule has 1 amide bonds. The zero-order valence-electron chi connectivity index (χ0n) is 12.1. The van der Waals surface area contributed by atoms with Crippen LogP contribution in [0.3, 0.4) is 0 Å². The molecule has 0 N–H and O–H groups in total. The van der Waals surface area contributed by atoms with Crippen LogP contribution in [0, 0.1) is 0 Å². The van der Waals surface area contributed by atoms with Crippen molar-refractivity contribution < 1.29 is 4.79 Å². The quantitative estimate of drug-likeness (QED) is 0.809. The van der Waals surface area contributed by atoms with E-state index < -0.39 is 0 Å². The molecule has 0 aromatic heterocycles. The van der Waals surface area contributed by atoms with E-state index >= 15 is 0 Å². The highest BCUT2D eigenvalue weighted by molar-refractivity contribution is 6.00. The number of fused-ring (bicyclic) bond motifs is 2. The summed E-state index contributed by atoms with van der Waals surface area (Å²) < 4.78 is 0. The first-order chi connectivity index (χ1) is 10.3. The molecule has 0 unspecified atom stereocenters. The van der Waals surface area contributed by atoms with Crippen LogP contribution >= 0.6 is 0 Å². The van der Waals surface area contributed by atoms with Gasteiger partial charge in [0.1, 0.15) is 0 Å². The molecule has 1 aliphatic heterocycles. The molecule has 0 saturated heterocycles. The number of nitrogens with zero attached hydrogens (tertiary/aromatic N) is 1.